The van der Waals surface area contributed by atoms with Crippen LogP contribution in [0.4, 0.5) is 0 Å². The van der Waals surface area contributed by atoms with Gasteiger partial charge in [-0.05, 0) is 44.6 Å². The van der Waals surface area contributed by atoms with Crippen molar-refractivity contribution in [2.24, 2.45) is 5.92 Å². The number of piperazine rings is 1. The third-order valence-electron chi connectivity index (χ3n) is 8.15. The van der Waals surface area contributed by atoms with Crippen molar-refractivity contribution in [1.82, 2.24) is 25.1 Å². The first-order chi connectivity index (χ1) is 16.5. The lowest BCUT2D eigenvalue weighted by Gasteiger charge is -2.43. The highest BCUT2D eigenvalue weighted by molar-refractivity contribution is 5.79. The second kappa shape index (κ2) is 10.1. The maximum Gasteiger partial charge on any atom is 0.223 e. The SMILES string of the molecule is Cc1nnc(C(C)C)n1N1C[C@H]2CC[C@@H](C1)N2CC[C@H](NC(=O)C1CCCC1)c1ccccc1. The van der Waals surface area contributed by atoms with E-state index in [1.807, 2.05) is 0 Å². The lowest BCUT2D eigenvalue weighted by atomic mass is 10.0. The van der Waals surface area contributed by atoms with Gasteiger partial charge in [-0.1, -0.05) is 57.0 Å². The van der Waals surface area contributed by atoms with Gasteiger partial charge < -0.3 is 10.3 Å². The van der Waals surface area contributed by atoms with Crippen LogP contribution in [0.1, 0.15) is 88.0 Å². The number of aryl methyl sites for hydroxylation is 1. The Balaban J connectivity index is 1.26. The van der Waals surface area contributed by atoms with Gasteiger partial charge in [0.25, 0.3) is 0 Å². The first kappa shape index (κ1) is 23.3. The molecular weight excluding hydrogens is 424 g/mol. The topological polar surface area (TPSA) is 66.3 Å². The highest BCUT2D eigenvalue weighted by Crippen LogP contribution is 2.32. The maximum absolute atomic E-state index is 13.0. The summed E-state index contributed by atoms with van der Waals surface area (Å²) in [4.78, 5) is 15.7. The average Bonchev–Trinajstić information content (AvgIpc) is 3.56. The summed E-state index contributed by atoms with van der Waals surface area (Å²) < 4.78 is 2.27. The Morgan fingerprint density at radius 3 is 2.35 bits per heavy atom. The number of carbonyl (C=O) groups excluding carboxylic acids is 1. The normalized spacial score (nSPS) is 24.2. The summed E-state index contributed by atoms with van der Waals surface area (Å²) in [6.07, 6.45) is 7.89. The molecule has 2 aromatic rings. The molecule has 5 rings (SSSR count). The zero-order valence-electron chi connectivity index (χ0n) is 21.0. The minimum absolute atomic E-state index is 0.0827. The van der Waals surface area contributed by atoms with Gasteiger partial charge in [-0.2, -0.15) is 0 Å². The molecule has 3 fully saturated rings. The molecule has 0 radical (unpaired) electrons. The lowest BCUT2D eigenvalue weighted by Crippen LogP contribution is -2.58. The van der Waals surface area contributed by atoms with Crippen LogP contribution in [-0.4, -0.2) is 57.4 Å². The zero-order chi connectivity index (χ0) is 23.7. The molecule has 3 heterocycles. The summed E-state index contributed by atoms with van der Waals surface area (Å²) in [5.74, 6) is 2.85. The number of hydrogen-bond donors (Lipinski definition) is 1. The number of rotatable bonds is 8. The fraction of sp³-hybridized carbons (Fsp3) is 0.667. The maximum atomic E-state index is 13.0. The zero-order valence-corrected chi connectivity index (χ0v) is 21.0. The quantitative estimate of drug-likeness (QED) is 0.641. The highest BCUT2D eigenvalue weighted by atomic mass is 16.1. The molecule has 7 nitrogen and oxygen atoms in total. The predicted octanol–water partition coefficient (Wildman–Crippen LogP) is 3.93. The third-order valence-corrected chi connectivity index (χ3v) is 8.15. The van der Waals surface area contributed by atoms with E-state index in [0.29, 0.717) is 18.0 Å². The van der Waals surface area contributed by atoms with Crippen LogP contribution in [0.5, 0.6) is 0 Å². The molecular formula is C27H40N6O. The number of fused-ring (bicyclic) bond motifs is 2. The number of nitrogens with zero attached hydrogens (tertiary/aromatic N) is 5. The molecule has 1 amide bonds. The molecule has 1 aliphatic carbocycles. The number of aromatic nitrogens is 3. The molecule has 7 heteroatoms. The fourth-order valence-electron chi connectivity index (χ4n) is 6.34. The summed E-state index contributed by atoms with van der Waals surface area (Å²) in [6.45, 7) is 9.48. The van der Waals surface area contributed by atoms with Gasteiger partial charge >= 0.3 is 0 Å². The largest absolute Gasteiger partial charge is 0.349 e. The number of benzene rings is 1. The molecule has 34 heavy (non-hydrogen) atoms. The van der Waals surface area contributed by atoms with Gasteiger partial charge in [0.1, 0.15) is 5.82 Å². The molecule has 1 saturated carbocycles. The third kappa shape index (κ3) is 4.72. The molecule has 0 unspecified atom stereocenters. The average molecular weight is 465 g/mol. The summed E-state index contributed by atoms with van der Waals surface area (Å²) in [7, 11) is 0. The minimum atomic E-state index is 0.0827. The molecule has 1 aromatic heterocycles. The Morgan fingerprint density at radius 2 is 1.71 bits per heavy atom. The number of carbonyl (C=O) groups is 1. The van der Waals surface area contributed by atoms with Gasteiger partial charge in [-0.25, -0.2) is 4.68 Å². The van der Waals surface area contributed by atoms with E-state index in [1.54, 1.807) is 0 Å². The van der Waals surface area contributed by atoms with E-state index in [1.165, 1.54) is 31.2 Å². The second-order valence-electron chi connectivity index (χ2n) is 10.8. The minimum Gasteiger partial charge on any atom is -0.349 e. The lowest BCUT2D eigenvalue weighted by molar-refractivity contribution is -0.125. The van der Waals surface area contributed by atoms with E-state index in [2.05, 4.69) is 81.2 Å². The van der Waals surface area contributed by atoms with Crippen molar-refractivity contribution in [1.29, 1.82) is 0 Å². The Morgan fingerprint density at radius 1 is 1.03 bits per heavy atom. The van der Waals surface area contributed by atoms with Crippen LogP contribution in [0.3, 0.4) is 0 Å². The fourth-order valence-corrected chi connectivity index (χ4v) is 6.34. The van der Waals surface area contributed by atoms with Gasteiger partial charge in [0, 0.05) is 30.5 Å². The highest BCUT2D eigenvalue weighted by Gasteiger charge is 2.41. The van der Waals surface area contributed by atoms with E-state index in [4.69, 9.17) is 0 Å². The van der Waals surface area contributed by atoms with Crippen molar-refractivity contribution < 1.29 is 4.79 Å². The van der Waals surface area contributed by atoms with Crippen LogP contribution in [0.25, 0.3) is 0 Å². The molecule has 1 N–H and O–H groups in total. The van der Waals surface area contributed by atoms with Crippen molar-refractivity contribution in [3.8, 4) is 0 Å². The molecule has 2 saturated heterocycles. The van der Waals surface area contributed by atoms with Crippen molar-refractivity contribution in [3.63, 3.8) is 0 Å². The van der Waals surface area contributed by atoms with E-state index in [-0.39, 0.29) is 17.9 Å². The van der Waals surface area contributed by atoms with Crippen molar-refractivity contribution in [2.45, 2.75) is 89.8 Å². The Kier molecular flexibility index (Phi) is 6.91. The van der Waals surface area contributed by atoms with Crippen molar-refractivity contribution >= 4 is 5.91 Å². The number of amides is 1. The summed E-state index contributed by atoms with van der Waals surface area (Å²) >= 11 is 0. The van der Waals surface area contributed by atoms with Crippen LogP contribution in [-0.2, 0) is 4.79 Å². The number of hydrogen-bond acceptors (Lipinski definition) is 5. The van der Waals surface area contributed by atoms with Crippen LogP contribution >= 0.6 is 0 Å². The molecule has 2 aliphatic heterocycles. The van der Waals surface area contributed by atoms with Crippen molar-refractivity contribution in [2.75, 3.05) is 24.6 Å². The van der Waals surface area contributed by atoms with Crippen LogP contribution in [0.15, 0.2) is 30.3 Å². The van der Waals surface area contributed by atoms with Gasteiger partial charge in [0.15, 0.2) is 5.82 Å². The van der Waals surface area contributed by atoms with Gasteiger partial charge in [-0.3, -0.25) is 9.69 Å². The van der Waals surface area contributed by atoms with E-state index >= 15 is 0 Å². The van der Waals surface area contributed by atoms with E-state index < -0.39 is 0 Å². The molecule has 2 bridgehead atoms. The predicted molar refractivity (Wildman–Crippen MR) is 134 cm³/mol. The molecule has 3 atom stereocenters. The van der Waals surface area contributed by atoms with Crippen LogP contribution in [0, 0.1) is 12.8 Å². The monoisotopic (exact) mass is 464 g/mol. The van der Waals surface area contributed by atoms with E-state index in [0.717, 1.165) is 50.5 Å². The van der Waals surface area contributed by atoms with Crippen molar-refractivity contribution in [3.05, 3.63) is 47.5 Å². The Bertz CT molecular complexity index is 953. The van der Waals surface area contributed by atoms with Crippen LogP contribution in [0.2, 0.25) is 0 Å². The standard InChI is InChI=1S/C27H40N6O/c1-19(2)26-30-29-20(3)33(26)31-17-23-13-14-24(18-31)32(23)16-15-25(21-9-5-4-6-10-21)28-27(34)22-11-7-8-12-22/h4-6,9-10,19,22-25H,7-8,11-18H2,1-3H3,(H,28,34)/t23-,24+,25-/m0/s1. The van der Waals surface area contributed by atoms with Crippen LogP contribution < -0.4 is 10.3 Å². The summed E-state index contributed by atoms with van der Waals surface area (Å²) in [5.41, 5.74) is 1.22. The molecule has 1 aromatic carbocycles. The van der Waals surface area contributed by atoms with Gasteiger partial charge in [0.2, 0.25) is 5.91 Å². The first-order valence-electron chi connectivity index (χ1n) is 13.3. The Labute approximate surface area is 203 Å². The Hall–Kier alpha value is -2.41. The van der Waals surface area contributed by atoms with Gasteiger partial charge in [-0.15, -0.1) is 10.2 Å². The first-order valence-corrected chi connectivity index (χ1v) is 13.3. The van der Waals surface area contributed by atoms with E-state index in [9.17, 15) is 4.79 Å². The summed E-state index contributed by atoms with van der Waals surface area (Å²) in [6, 6.07) is 11.7. The second-order valence-corrected chi connectivity index (χ2v) is 10.8. The molecule has 184 valence electrons. The summed E-state index contributed by atoms with van der Waals surface area (Å²) in [5, 5.41) is 14.7. The smallest absolute Gasteiger partial charge is 0.223 e. The molecule has 3 aliphatic rings. The van der Waals surface area contributed by atoms with Gasteiger partial charge in [0.05, 0.1) is 19.1 Å². The number of nitrogens with one attached hydrogen (secondary N) is 1. The molecule has 0 spiro atoms.